The molecular weight excluding hydrogens is 418 g/mol. The summed E-state index contributed by atoms with van der Waals surface area (Å²) in [7, 11) is 1.73. The van der Waals surface area contributed by atoms with E-state index in [0.29, 0.717) is 6.04 Å². The van der Waals surface area contributed by atoms with Gasteiger partial charge < -0.3 is 15.3 Å². The molecule has 2 N–H and O–H groups in total. The van der Waals surface area contributed by atoms with Gasteiger partial charge in [-0.25, -0.2) is 4.79 Å². The predicted octanol–water partition coefficient (Wildman–Crippen LogP) is 3.83. The molecule has 1 heterocycles. The lowest BCUT2D eigenvalue weighted by molar-refractivity contribution is -0.140. The molecule has 7 heteroatoms. The first-order valence-corrected chi connectivity index (χ1v) is 12.8. The van der Waals surface area contributed by atoms with E-state index in [2.05, 4.69) is 24.1 Å². The number of likely N-dealkylation sites (N-methyl/N-ethyl adjacent to an activating group) is 1. The van der Waals surface area contributed by atoms with Gasteiger partial charge in [-0.2, -0.15) is 0 Å². The average Bonchev–Trinajstić information content (AvgIpc) is 3.33. The van der Waals surface area contributed by atoms with Crippen molar-refractivity contribution in [3.05, 3.63) is 11.6 Å². The van der Waals surface area contributed by atoms with E-state index in [-0.39, 0.29) is 41.3 Å². The molecular formula is C26H45N3O4. The van der Waals surface area contributed by atoms with Gasteiger partial charge >= 0.3 is 5.97 Å². The molecule has 0 aromatic carbocycles. The first-order valence-electron chi connectivity index (χ1n) is 12.8. The van der Waals surface area contributed by atoms with Gasteiger partial charge in [-0.15, -0.1) is 0 Å². The van der Waals surface area contributed by atoms with E-state index in [1.165, 1.54) is 0 Å². The normalized spacial score (nSPS) is 23.2. The quantitative estimate of drug-likeness (QED) is 0.481. The summed E-state index contributed by atoms with van der Waals surface area (Å²) in [5.74, 6) is -0.958. The Morgan fingerprint density at radius 3 is 2.24 bits per heavy atom. The first kappa shape index (κ1) is 27.4. The number of hydrogen-bond acceptors (Lipinski definition) is 4. The maximum atomic E-state index is 13.7. The predicted molar refractivity (Wildman–Crippen MR) is 131 cm³/mol. The van der Waals surface area contributed by atoms with Gasteiger partial charge in [0.05, 0.1) is 12.1 Å². The number of likely N-dealkylation sites (tertiary alicyclic amines) is 1. The molecule has 1 saturated heterocycles. The number of carboxylic acid groups (broad SMARTS) is 1. The van der Waals surface area contributed by atoms with Crippen LogP contribution in [0.2, 0.25) is 0 Å². The summed E-state index contributed by atoms with van der Waals surface area (Å²) in [5.41, 5.74) is 0.223. The zero-order chi connectivity index (χ0) is 24.7. The van der Waals surface area contributed by atoms with Crippen molar-refractivity contribution >= 4 is 17.8 Å². The van der Waals surface area contributed by atoms with E-state index in [1.54, 1.807) is 24.9 Å². The molecule has 33 heavy (non-hydrogen) atoms. The lowest BCUT2D eigenvalue weighted by Gasteiger charge is -2.40. The molecule has 0 spiro atoms. The van der Waals surface area contributed by atoms with Crippen molar-refractivity contribution in [1.82, 2.24) is 15.1 Å². The van der Waals surface area contributed by atoms with Crippen molar-refractivity contribution in [2.45, 2.75) is 110 Å². The monoisotopic (exact) mass is 463 g/mol. The molecule has 0 radical (unpaired) electrons. The summed E-state index contributed by atoms with van der Waals surface area (Å²) < 4.78 is 0. The van der Waals surface area contributed by atoms with Crippen molar-refractivity contribution in [2.24, 2.45) is 11.8 Å². The molecule has 7 nitrogen and oxygen atoms in total. The smallest absolute Gasteiger partial charge is 0.331 e. The minimum atomic E-state index is -0.982. The number of aliphatic carboxylic acids is 1. The second-order valence-electron chi connectivity index (χ2n) is 10.4. The molecule has 2 amide bonds. The van der Waals surface area contributed by atoms with E-state index in [9.17, 15) is 19.5 Å². The number of carboxylic acids is 1. The standard InChI is InChI=1S/C26H45N3O4/c1-7-19(5)29-15-11-10-14-21(29)24(30)27-23(20-12-8-9-13-20)25(31)28(6)22(17(2)3)16-18(4)26(32)33/h16-17,19-23H,7-15H2,1-6H3,(H,27,30)(H,32,33)/t19?,21?,22-,23+/m1/s1. The van der Waals surface area contributed by atoms with Crippen LogP contribution in [0.15, 0.2) is 11.6 Å². The molecule has 0 bridgehead atoms. The Labute approximate surface area is 200 Å². The van der Waals surface area contributed by atoms with Crippen LogP contribution >= 0.6 is 0 Å². The van der Waals surface area contributed by atoms with E-state index in [1.807, 2.05) is 13.8 Å². The summed E-state index contributed by atoms with van der Waals surface area (Å²) in [6.45, 7) is 10.8. The zero-order valence-corrected chi connectivity index (χ0v) is 21.5. The molecule has 2 unspecified atom stereocenters. The molecule has 0 aromatic rings. The van der Waals surface area contributed by atoms with Gasteiger partial charge in [0, 0.05) is 18.7 Å². The highest BCUT2D eigenvalue weighted by molar-refractivity contribution is 5.90. The number of nitrogens with one attached hydrogen (secondary N) is 1. The molecule has 1 saturated carbocycles. The fourth-order valence-corrected chi connectivity index (χ4v) is 5.36. The van der Waals surface area contributed by atoms with Crippen LogP contribution in [0.25, 0.3) is 0 Å². The van der Waals surface area contributed by atoms with Crippen LogP contribution in [0.1, 0.15) is 86.0 Å². The van der Waals surface area contributed by atoms with Gasteiger partial charge in [-0.05, 0) is 64.3 Å². The highest BCUT2D eigenvalue weighted by atomic mass is 16.4. The van der Waals surface area contributed by atoms with Crippen LogP contribution in [0.3, 0.4) is 0 Å². The Kier molecular flexibility index (Phi) is 10.4. The number of rotatable bonds is 10. The number of carbonyl (C=O) groups excluding carboxylic acids is 2. The third-order valence-corrected chi connectivity index (χ3v) is 7.67. The van der Waals surface area contributed by atoms with Crippen molar-refractivity contribution in [3.63, 3.8) is 0 Å². The molecule has 1 aliphatic heterocycles. The molecule has 0 aromatic heterocycles. The largest absolute Gasteiger partial charge is 0.478 e. The lowest BCUT2D eigenvalue weighted by atomic mass is 9.93. The average molecular weight is 464 g/mol. The van der Waals surface area contributed by atoms with Crippen LogP contribution in [0, 0.1) is 11.8 Å². The molecule has 188 valence electrons. The molecule has 1 aliphatic carbocycles. The molecule has 2 aliphatic rings. The van der Waals surface area contributed by atoms with E-state index >= 15 is 0 Å². The second-order valence-corrected chi connectivity index (χ2v) is 10.4. The summed E-state index contributed by atoms with van der Waals surface area (Å²) in [6, 6.07) is -0.768. The van der Waals surface area contributed by atoms with Gasteiger partial charge in [-0.3, -0.25) is 14.5 Å². The number of piperidine rings is 1. The van der Waals surface area contributed by atoms with Crippen molar-refractivity contribution in [1.29, 1.82) is 0 Å². The summed E-state index contributed by atoms with van der Waals surface area (Å²) in [6.07, 6.45) is 9.61. The number of carbonyl (C=O) groups is 3. The van der Waals surface area contributed by atoms with Gasteiger partial charge in [-0.1, -0.05) is 46.1 Å². The van der Waals surface area contributed by atoms with E-state index in [4.69, 9.17) is 0 Å². The summed E-state index contributed by atoms with van der Waals surface area (Å²) in [5, 5.41) is 12.5. The van der Waals surface area contributed by atoms with Crippen molar-refractivity contribution in [3.8, 4) is 0 Å². The Balaban J connectivity index is 2.26. The Morgan fingerprint density at radius 2 is 1.70 bits per heavy atom. The van der Waals surface area contributed by atoms with Crippen LogP contribution < -0.4 is 5.32 Å². The Morgan fingerprint density at radius 1 is 1.09 bits per heavy atom. The van der Waals surface area contributed by atoms with Crippen LogP contribution in [-0.4, -0.2) is 70.4 Å². The topological polar surface area (TPSA) is 90.0 Å². The highest BCUT2D eigenvalue weighted by Gasteiger charge is 2.39. The minimum absolute atomic E-state index is 0.0352. The zero-order valence-electron chi connectivity index (χ0n) is 21.5. The van der Waals surface area contributed by atoms with Crippen LogP contribution in [0.5, 0.6) is 0 Å². The molecule has 2 fully saturated rings. The number of hydrogen-bond donors (Lipinski definition) is 2. The fraction of sp³-hybridized carbons (Fsp3) is 0.808. The fourth-order valence-electron chi connectivity index (χ4n) is 5.36. The van der Waals surface area contributed by atoms with Crippen LogP contribution in [-0.2, 0) is 14.4 Å². The Bertz CT molecular complexity index is 714. The van der Waals surface area contributed by atoms with Gasteiger partial charge in [0.25, 0.3) is 0 Å². The summed E-state index contributed by atoms with van der Waals surface area (Å²) in [4.78, 5) is 42.6. The van der Waals surface area contributed by atoms with Crippen molar-refractivity contribution < 1.29 is 19.5 Å². The third-order valence-electron chi connectivity index (χ3n) is 7.67. The van der Waals surface area contributed by atoms with Gasteiger partial charge in [0.1, 0.15) is 6.04 Å². The third kappa shape index (κ3) is 7.05. The maximum absolute atomic E-state index is 13.7. The Hall–Kier alpha value is -1.89. The SMILES string of the molecule is CCC(C)N1CCCCC1C(=O)N[C@H](C(=O)N(C)[C@H](C=C(C)C(=O)O)C(C)C)C1CCCC1. The van der Waals surface area contributed by atoms with Gasteiger partial charge in [0.15, 0.2) is 0 Å². The number of amides is 2. The molecule has 2 rings (SSSR count). The van der Waals surface area contributed by atoms with E-state index < -0.39 is 12.0 Å². The molecule has 4 atom stereocenters. The van der Waals surface area contributed by atoms with Crippen molar-refractivity contribution in [2.75, 3.05) is 13.6 Å². The lowest BCUT2D eigenvalue weighted by Crippen LogP contribution is -2.59. The minimum Gasteiger partial charge on any atom is -0.478 e. The maximum Gasteiger partial charge on any atom is 0.331 e. The second kappa shape index (κ2) is 12.5. The van der Waals surface area contributed by atoms with Gasteiger partial charge in [0.2, 0.25) is 11.8 Å². The summed E-state index contributed by atoms with van der Waals surface area (Å²) >= 11 is 0. The number of nitrogens with zero attached hydrogens (tertiary/aromatic N) is 2. The first-order chi connectivity index (χ1) is 15.6. The van der Waals surface area contributed by atoms with Crippen LogP contribution in [0.4, 0.5) is 0 Å². The highest BCUT2D eigenvalue weighted by Crippen LogP contribution is 2.30. The van der Waals surface area contributed by atoms with E-state index in [0.717, 1.165) is 57.9 Å².